The third-order valence-electron chi connectivity index (χ3n) is 5.24. The van der Waals surface area contributed by atoms with E-state index in [1.54, 1.807) is 20.8 Å². The minimum absolute atomic E-state index is 0.0284. The Bertz CT molecular complexity index is 815. The Hall–Kier alpha value is -2.32. The molecule has 1 aliphatic carbocycles. The van der Waals surface area contributed by atoms with Crippen LogP contribution in [0.4, 0.5) is 22.4 Å². The van der Waals surface area contributed by atoms with Gasteiger partial charge in [0, 0.05) is 12.1 Å². The number of ether oxygens (including phenoxy) is 1. The zero-order valence-corrected chi connectivity index (χ0v) is 17.2. The standard InChI is InChI=1S/C21H26F4N2O3/c1-20(2,3)30-19(29)27-10-4-5-16(27)18(28)26-17(12-6-7-12)14-9-8-13(11-15(14)22)21(23,24)25/h8-9,11-12,16-17H,4-7,10H2,1-3H3,(H,26,28)/t16-,17-/m1/s1. The number of nitrogens with zero attached hydrogens (tertiary/aromatic N) is 1. The molecule has 166 valence electrons. The third kappa shape index (κ3) is 5.23. The molecule has 1 heterocycles. The van der Waals surface area contributed by atoms with Crippen molar-refractivity contribution >= 4 is 12.0 Å². The topological polar surface area (TPSA) is 58.6 Å². The van der Waals surface area contributed by atoms with E-state index in [1.165, 1.54) is 4.90 Å². The number of likely N-dealkylation sites (tertiary alicyclic amines) is 1. The number of nitrogens with one attached hydrogen (secondary N) is 1. The van der Waals surface area contributed by atoms with E-state index in [-0.39, 0.29) is 11.5 Å². The van der Waals surface area contributed by atoms with Crippen molar-refractivity contribution in [2.75, 3.05) is 6.54 Å². The molecule has 30 heavy (non-hydrogen) atoms. The highest BCUT2D eigenvalue weighted by atomic mass is 19.4. The minimum Gasteiger partial charge on any atom is -0.444 e. The van der Waals surface area contributed by atoms with Crippen molar-refractivity contribution in [3.63, 3.8) is 0 Å². The molecule has 0 spiro atoms. The number of hydrogen-bond donors (Lipinski definition) is 1. The van der Waals surface area contributed by atoms with Crippen molar-refractivity contribution in [3.05, 3.63) is 35.1 Å². The third-order valence-corrected chi connectivity index (χ3v) is 5.24. The molecule has 2 atom stereocenters. The van der Waals surface area contributed by atoms with Crippen LogP contribution in [-0.4, -0.2) is 35.1 Å². The van der Waals surface area contributed by atoms with Crippen LogP contribution in [0.1, 0.15) is 63.6 Å². The fourth-order valence-electron chi connectivity index (χ4n) is 3.66. The van der Waals surface area contributed by atoms with E-state index < -0.39 is 47.2 Å². The van der Waals surface area contributed by atoms with E-state index in [9.17, 15) is 27.2 Å². The molecule has 1 aromatic rings. The minimum atomic E-state index is -4.64. The Morgan fingerprint density at radius 3 is 2.37 bits per heavy atom. The Morgan fingerprint density at radius 2 is 1.83 bits per heavy atom. The Labute approximate surface area is 172 Å². The second kappa shape index (κ2) is 8.07. The number of carbonyl (C=O) groups is 2. The summed E-state index contributed by atoms with van der Waals surface area (Å²) in [7, 11) is 0. The van der Waals surface area contributed by atoms with Crippen LogP contribution in [0.2, 0.25) is 0 Å². The summed E-state index contributed by atoms with van der Waals surface area (Å²) >= 11 is 0. The highest BCUT2D eigenvalue weighted by Gasteiger charge is 2.41. The first kappa shape index (κ1) is 22.4. The summed E-state index contributed by atoms with van der Waals surface area (Å²) in [4.78, 5) is 26.7. The van der Waals surface area contributed by atoms with Crippen LogP contribution >= 0.6 is 0 Å². The van der Waals surface area contributed by atoms with E-state index in [0.29, 0.717) is 25.5 Å². The molecular weight excluding hydrogens is 404 g/mol. The van der Waals surface area contributed by atoms with Gasteiger partial charge in [-0.15, -0.1) is 0 Å². The molecule has 2 aliphatic rings. The van der Waals surface area contributed by atoms with E-state index in [2.05, 4.69) is 5.32 Å². The van der Waals surface area contributed by atoms with Gasteiger partial charge >= 0.3 is 12.3 Å². The van der Waals surface area contributed by atoms with E-state index >= 15 is 0 Å². The average molecular weight is 430 g/mol. The van der Waals surface area contributed by atoms with Gasteiger partial charge in [-0.05, 0) is 64.5 Å². The number of hydrogen-bond acceptors (Lipinski definition) is 3. The van der Waals surface area contributed by atoms with E-state index in [1.807, 2.05) is 0 Å². The van der Waals surface area contributed by atoms with Gasteiger partial charge in [-0.3, -0.25) is 9.69 Å². The van der Waals surface area contributed by atoms with Crippen molar-refractivity contribution in [2.45, 2.75) is 70.3 Å². The maximum atomic E-state index is 14.5. The normalized spacial score (nSPS) is 20.8. The fraction of sp³-hybridized carbons (Fsp3) is 0.619. The molecule has 3 rings (SSSR count). The monoisotopic (exact) mass is 430 g/mol. The molecule has 2 fully saturated rings. The van der Waals surface area contributed by atoms with Gasteiger partial charge in [0.15, 0.2) is 0 Å². The number of amides is 2. The summed E-state index contributed by atoms with van der Waals surface area (Å²) < 4.78 is 58.4. The molecular formula is C21H26F4N2O3. The summed E-state index contributed by atoms with van der Waals surface area (Å²) in [6, 6.07) is 0.878. The average Bonchev–Trinajstić information content (AvgIpc) is 3.32. The van der Waals surface area contributed by atoms with Crippen molar-refractivity contribution in [2.24, 2.45) is 5.92 Å². The largest absolute Gasteiger partial charge is 0.444 e. The van der Waals surface area contributed by atoms with Gasteiger partial charge in [-0.1, -0.05) is 6.07 Å². The molecule has 1 saturated heterocycles. The maximum absolute atomic E-state index is 14.5. The predicted octanol–water partition coefficient (Wildman–Crippen LogP) is 4.81. The first-order chi connectivity index (χ1) is 13.9. The highest BCUT2D eigenvalue weighted by molar-refractivity contribution is 5.86. The fourth-order valence-corrected chi connectivity index (χ4v) is 3.66. The second-order valence-corrected chi connectivity index (χ2v) is 8.89. The molecule has 1 aromatic carbocycles. The van der Waals surface area contributed by atoms with Crippen LogP contribution in [-0.2, 0) is 15.7 Å². The molecule has 1 saturated carbocycles. The molecule has 2 amide bonds. The maximum Gasteiger partial charge on any atom is 0.416 e. The van der Waals surface area contributed by atoms with Crippen LogP contribution in [0.25, 0.3) is 0 Å². The highest BCUT2D eigenvalue weighted by Crippen LogP contribution is 2.43. The van der Waals surface area contributed by atoms with Crippen molar-refractivity contribution < 1.29 is 31.9 Å². The van der Waals surface area contributed by atoms with Gasteiger partial charge in [-0.2, -0.15) is 13.2 Å². The molecule has 1 N–H and O–H groups in total. The lowest BCUT2D eigenvalue weighted by Gasteiger charge is -2.29. The lowest BCUT2D eigenvalue weighted by molar-refractivity contribution is -0.137. The predicted molar refractivity (Wildman–Crippen MR) is 101 cm³/mol. The lowest BCUT2D eigenvalue weighted by Crippen LogP contribution is -2.48. The molecule has 1 aliphatic heterocycles. The molecule has 0 radical (unpaired) electrons. The summed E-state index contributed by atoms with van der Waals surface area (Å²) in [5.41, 5.74) is -1.75. The van der Waals surface area contributed by atoms with Crippen LogP contribution in [0, 0.1) is 11.7 Å². The van der Waals surface area contributed by atoms with E-state index in [4.69, 9.17) is 4.74 Å². The molecule has 0 aromatic heterocycles. The summed E-state index contributed by atoms with van der Waals surface area (Å²) in [6.45, 7) is 5.56. The van der Waals surface area contributed by atoms with Gasteiger partial charge in [0.05, 0.1) is 11.6 Å². The van der Waals surface area contributed by atoms with Crippen molar-refractivity contribution in [1.82, 2.24) is 10.2 Å². The molecule has 5 nitrogen and oxygen atoms in total. The van der Waals surface area contributed by atoms with Gasteiger partial charge in [0.1, 0.15) is 17.5 Å². The van der Waals surface area contributed by atoms with Gasteiger partial charge < -0.3 is 10.1 Å². The number of benzene rings is 1. The van der Waals surface area contributed by atoms with Crippen LogP contribution < -0.4 is 5.32 Å². The van der Waals surface area contributed by atoms with Gasteiger partial charge in [0.2, 0.25) is 5.91 Å². The summed E-state index contributed by atoms with van der Waals surface area (Å²) in [5, 5.41) is 2.77. The van der Waals surface area contributed by atoms with E-state index in [0.717, 1.165) is 25.0 Å². The quantitative estimate of drug-likeness (QED) is 0.698. The van der Waals surface area contributed by atoms with Gasteiger partial charge in [0.25, 0.3) is 0 Å². The summed E-state index contributed by atoms with van der Waals surface area (Å²) in [5.74, 6) is -1.50. The Balaban J connectivity index is 1.76. The molecule has 0 unspecified atom stereocenters. The van der Waals surface area contributed by atoms with Crippen LogP contribution in [0.3, 0.4) is 0 Å². The number of carbonyl (C=O) groups excluding carboxylic acids is 2. The number of alkyl halides is 3. The lowest BCUT2D eigenvalue weighted by atomic mass is 9.99. The van der Waals surface area contributed by atoms with Crippen molar-refractivity contribution in [3.8, 4) is 0 Å². The number of rotatable bonds is 4. The molecule has 0 bridgehead atoms. The summed E-state index contributed by atoms with van der Waals surface area (Å²) in [6.07, 6.45) is -2.69. The zero-order valence-electron chi connectivity index (χ0n) is 17.2. The van der Waals surface area contributed by atoms with Crippen molar-refractivity contribution in [1.29, 1.82) is 0 Å². The smallest absolute Gasteiger partial charge is 0.416 e. The van der Waals surface area contributed by atoms with Gasteiger partial charge in [-0.25, -0.2) is 9.18 Å². The SMILES string of the molecule is CC(C)(C)OC(=O)N1CCC[C@@H]1C(=O)N[C@@H](c1ccc(C(F)(F)F)cc1F)C1CC1. The van der Waals surface area contributed by atoms with Crippen LogP contribution in [0.15, 0.2) is 18.2 Å². The van der Waals surface area contributed by atoms with Crippen LogP contribution in [0.5, 0.6) is 0 Å². The zero-order chi connectivity index (χ0) is 22.3. The Kier molecular flexibility index (Phi) is 6.02. The first-order valence-corrected chi connectivity index (χ1v) is 10.0. The first-order valence-electron chi connectivity index (χ1n) is 10.0. The molecule has 9 heteroatoms. The number of halogens is 4. The second-order valence-electron chi connectivity index (χ2n) is 8.89. The Morgan fingerprint density at radius 1 is 1.17 bits per heavy atom.